The molecule has 1 N–H and O–H groups in total. The first-order chi connectivity index (χ1) is 20.5. The molecule has 2 fully saturated rings. The minimum Gasteiger partial charge on any atom is -0.330 e. The summed E-state index contributed by atoms with van der Waals surface area (Å²) in [5.74, 6) is -0.385. The quantitative estimate of drug-likeness (QED) is 0.321. The number of halogens is 3. The summed E-state index contributed by atoms with van der Waals surface area (Å²) in [6, 6.07) is 5.50. The molecule has 43 heavy (non-hydrogen) atoms. The molecule has 2 aromatic heterocycles. The molecule has 0 spiro atoms. The van der Waals surface area contributed by atoms with E-state index in [0.717, 1.165) is 67.5 Å². The number of nitrogens with zero attached hydrogens (tertiary/aromatic N) is 4. The van der Waals surface area contributed by atoms with Crippen LogP contribution in [0.5, 0.6) is 0 Å². The van der Waals surface area contributed by atoms with Crippen LogP contribution in [0.3, 0.4) is 0 Å². The highest BCUT2D eigenvalue weighted by Crippen LogP contribution is 2.38. The molecule has 234 valence electrons. The average molecular weight is 620 g/mol. The summed E-state index contributed by atoms with van der Waals surface area (Å²) in [4.78, 5) is 21.3. The van der Waals surface area contributed by atoms with E-state index in [0.29, 0.717) is 17.0 Å². The topological polar surface area (TPSA) is 87.0 Å². The third-order valence-electron chi connectivity index (χ3n) is 8.79. The summed E-state index contributed by atoms with van der Waals surface area (Å²) in [5, 5.41) is 0. The molecule has 2 aliphatic rings. The fourth-order valence-electron chi connectivity index (χ4n) is 6.44. The van der Waals surface area contributed by atoms with Gasteiger partial charge in [0.15, 0.2) is 0 Å². The number of aromatic nitrogens is 2. The van der Waals surface area contributed by atoms with Crippen LogP contribution in [-0.2, 0) is 10.0 Å². The smallest absolute Gasteiger partial charge is 0.255 e. The minimum absolute atomic E-state index is 0.0238. The minimum atomic E-state index is -3.19. The van der Waals surface area contributed by atoms with Gasteiger partial charge in [-0.3, -0.25) is 9.78 Å². The number of carbonyl (C=O) groups is 1. The standard InChI is InChI=1S/C31H40F3N5O3S/c1-4-43(41,42)36-24-8-5-21(6-9-24)16-37-17-22(18-37)28-14-26(29-15-35-11-12-38(28)29)25-10-7-23(32)13-27(25)31(40)39(20(2)3)19-30(33)34/h7,10-15,20-22,24,30,36H,4-6,8-9,16-19H2,1-3H3. The Labute approximate surface area is 251 Å². The second-order valence-corrected chi connectivity index (χ2v) is 14.1. The Balaban J connectivity index is 1.32. The number of amides is 1. The molecule has 0 atom stereocenters. The van der Waals surface area contributed by atoms with Crippen molar-refractivity contribution in [2.75, 3.05) is 31.9 Å². The van der Waals surface area contributed by atoms with Crippen LogP contribution in [0.4, 0.5) is 13.2 Å². The predicted molar refractivity (Wildman–Crippen MR) is 160 cm³/mol. The molecule has 1 saturated carbocycles. The first-order valence-corrected chi connectivity index (χ1v) is 16.7. The fourth-order valence-corrected chi connectivity index (χ4v) is 7.35. The first-order valence-electron chi connectivity index (χ1n) is 15.0. The van der Waals surface area contributed by atoms with Gasteiger partial charge in [0.25, 0.3) is 12.3 Å². The van der Waals surface area contributed by atoms with Gasteiger partial charge in [0.05, 0.1) is 29.6 Å². The normalized spacial score (nSPS) is 20.2. The lowest BCUT2D eigenvalue weighted by molar-refractivity contribution is 0.0476. The van der Waals surface area contributed by atoms with Gasteiger partial charge in [0.2, 0.25) is 10.0 Å². The lowest BCUT2D eigenvalue weighted by Crippen LogP contribution is -2.48. The molecule has 1 aromatic carbocycles. The van der Waals surface area contributed by atoms with Crippen LogP contribution in [0, 0.1) is 11.7 Å². The summed E-state index contributed by atoms with van der Waals surface area (Å²) in [7, 11) is -3.19. The molecule has 1 saturated heterocycles. The Kier molecular flexibility index (Phi) is 9.48. The SMILES string of the molecule is CCS(=O)(=O)NC1CCC(CN2CC(c3cc(-c4ccc(F)cc4C(=O)N(CC(F)F)C(C)C)c4cnccn34)C2)CC1. The maximum Gasteiger partial charge on any atom is 0.255 e. The second kappa shape index (κ2) is 13.0. The van der Waals surface area contributed by atoms with E-state index in [-0.39, 0.29) is 23.3 Å². The molecule has 3 aromatic rings. The molecule has 5 rings (SSSR count). The highest BCUT2D eigenvalue weighted by molar-refractivity contribution is 7.89. The fraction of sp³-hybridized carbons (Fsp3) is 0.548. The molecule has 0 unspecified atom stereocenters. The van der Waals surface area contributed by atoms with Gasteiger partial charge in [-0.15, -0.1) is 0 Å². The highest BCUT2D eigenvalue weighted by Gasteiger charge is 2.34. The van der Waals surface area contributed by atoms with E-state index in [1.807, 2.05) is 16.7 Å². The van der Waals surface area contributed by atoms with E-state index < -0.39 is 40.8 Å². The lowest BCUT2D eigenvalue weighted by atomic mass is 9.84. The highest BCUT2D eigenvalue weighted by atomic mass is 32.2. The van der Waals surface area contributed by atoms with Crippen molar-refractivity contribution >= 4 is 21.4 Å². The largest absolute Gasteiger partial charge is 0.330 e. The van der Waals surface area contributed by atoms with Crippen molar-refractivity contribution in [2.45, 2.75) is 70.9 Å². The number of likely N-dealkylation sites (tertiary alicyclic amines) is 1. The van der Waals surface area contributed by atoms with E-state index in [1.54, 1.807) is 39.2 Å². The Morgan fingerprint density at radius 1 is 1.12 bits per heavy atom. The van der Waals surface area contributed by atoms with Gasteiger partial charge < -0.3 is 14.2 Å². The molecule has 1 aliphatic heterocycles. The zero-order chi connectivity index (χ0) is 30.9. The van der Waals surface area contributed by atoms with E-state index in [1.165, 1.54) is 6.07 Å². The number of sulfonamides is 1. The van der Waals surface area contributed by atoms with E-state index >= 15 is 0 Å². The van der Waals surface area contributed by atoms with Gasteiger partial charge in [-0.1, -0.05) is 6.07 Å². The van der Waals surface area contributed by atoms with E-state index in [9.17, 15) is 26.4 Å². The molecule has 0 bridgehead atoms. The van der Waals surface area contributed by atoms with Crippen molar-refractivity contribution in [3.8, 4) is 11.1 Å². The van der Waals surface area contributed by atoms with E-state index in [4.69, 9.17) is 0 Å². The van der Waals surface area contributed by atoms with Crippen molar-refractivity contribution in [1.82, 2.24) is 23.9 Å². The number of rotatable bonds is 11. The van der Waals surface area contributed by atoms with Crippen molar-refractivity contribution in [3.63, 3.8) is 0 Å². The van der Waals surface area contributed by atoms with Crippen LogP contribution in [0.1, 0.15) is 68.4 Å². The van der Waals surface area contributed by atoms with Gasteiger partial charge >= 0.3 is 0 Å². The number of benzene rings is 1. The van der Waals surface area contributed by atoms with Gasteiger partial charge in [-0.25, -0.2) is 26.3 Å². The van der Waals surface area contributed by atoms with Crippen LogP contribution < -0.4 is 4.72 Å². The van der Waals surface area contributed by atoms with Crippen LogP contribution in [0.15, 0.2) is 42.9 Å². The van der Waals surface area contributed by atoms with Crippen LogP contribution in [-0.4, -0.2) is 84.0 Å². The van der Waals surface area contributed by atoms with Gasteiger partial charge in [0.1, 0.15) is 5.82 Å². The average Bonchev–Trinajstić information content (AvgIpc) is 3.32. The maximum atomic E-state index is 14.4. The van der Waals surface area contributed by atoms with Crippen molar-refractivity contribution < 1.29 is 26.4 Å². The maximum absolute atomic E-state index is 14.4. The zero-order valence-electron chi connectivity index (χ0n) is 24.8. The molecule has 0 radical (unpaired) electrons. The lowest BCUT2D eigenvalue weighted by Gasteiger charge is -2.42. The first kappa shape index (κ1) is 31.5. The third-order valence-corrected chi connectivity index (χ3v) is 10.2. The zero-order valence-corrected chi connectivity index (χ0v) is 25.7. The summed E-state index contributed by atoms with van der Waals surface area (Å²) >= 11 is 0. The Morgan fingerprint density at radius 2 is 1.84 bits per heavy atom. The molecule has 8 nitrogen and oxygen atoms in total. The van der Waals surface area contributed by atoms with Crippen molar-refractivity contribution in [3.05, 3.63) is 59.9 Å². The Hall–Kier alpha value is -2.96. The molecular weight excluding hydrogens is 579 g/mol. The summed E-state index contributed by atoms with van der Waals surface area (Å²) in [6.07, 6.45) is 6.25. The van der Waals surface area contributed by atoms with Crippen LogP contribution in [0.25, 0.3) is 16.6 Å². The molecule has 3 heterocycles. The monoisotopic (exact) mass is 619 g/mol. The number of carbonyl (C=O) groups excluding carboxylic acids is 1. The molecular formula is C31H40F3N5O3S. The number of hydrogen-bond acceptors (Lipinski definition) is 5. The van der Waals surface area contributed by atoms with Gasteiger partial charge in [-0.2, -0.15) is 0 Å². The summed E-state index contributed by atoms with van der Waals surface area (Å²) in [5.41, 5.74) is 3.05. The third kappa shape index (κ3) is 7.07. The molecule has 1 amide bonds. The van der Waals surface area contributed by atoms with Gasteiger partial charge in [0, 0.05) is 61.3 Å². The predicted octanol–water partition coefficient (Wildman–Crippen LogP) is 5.15. The second-order valence-electron chi connectivity index (χ2n) is 12.1. The summed E-state index contributed by atoms with van der Waals surface area (Å²) < 4.78 is 69.8. The number of nitrogens with one attached hydrogen (secondary N) is 1. The molecule has 12 heteroatoms. The van der Waals surface area contributed by atoms with Crippen LogP contribution >= 0.6 is 0 Å². The Morgan fingerprint density at radius 3 is 2.49 bits per heavy atom. The van der Waals surface area contributed by atoms with Crippen molar-refractivity contribution in [1.29, 1.82) is 0 Å². The molecule has 1 aliphatic carbocycles. The number of hydrogen-bond donors (Lipinski definition) is 1. The van der Waals surface area contributed by atoms with Gasteiger partial charge in [-0.05, 0) is 76.1 Å². The van der Waals surface area contributed by atoms with Crippen LogP contribution in [0.2, 0.25) is 0 Å². The Bertz CT molecular complexity index is 1550. The number of fused-ring (bicyclic) bond motifs is 1. The van der Waals surface area contributed by atoms with Crippen molar-refractivity contribution in [2.24, 2.45) is 5.92 Å². The summed E-state index contributed by atoms with van der Waals surface area (Å²) in [6.45, 7) is 6.93. The van der Waals surface area contributed by atoms with E-state index in [2.05, 4.69) is 14.6 Å². The number of alkyl halides is 2.